The van der Waals surface area contributed by atoms with Gasteiger partial charge in [-0.2, -0.15) is 0 Å². The number of rotatable bonds is 3. The molecule has 4 nitrogen and oxygen atoms in total. The quantitative estimate of drug-likeness (QED) is 0.870. The van der Waals surface area contributed by atoms with Crippen LogP contribution in [0, 0.1) is 0 Å². The molecule has 2 N–H and O–H groups in total. The zero-order valence-corrected chi connectivity index (χ0v) is 8.39. The van der Waals surface area contributed by atoms with E-state index < -0.39 is 17.9 Å². The zero-order chi connectivity index (χ0) is 11.6. The zero-order valence-electron chi connectivity index (χ0n) is 7.63. The Morgan fingerprint density at radius 2 is 2.27 bits per heavy atom. The molecular weight excluding hydrogens is 230 g/mol. The Bertz CT molecular complexity index is 398. The predicted octanol–water partition coefficient (Wildman–Crippen LogP) is 1.78. The van der Waals surface area contributed by atoms with Crippen molar-refractivity contribution in [2.24, 2.45) is 5.73 Å². The summed E-state index contributed by atoms with van der Waals surface area (Å²) in [4.78, 5) is 14.3. The monoisotopic (exact) mass is 236 g/mol. The van der Waals surface area contributed by atoms with Crippen LogP contribution in [-0.2, 0) is 0 Å². The van der Waals surface area contributed by atoms with Gasteiger partial charge >= 0.3 is 0 Å². The molecule has 1 heterocycles. The molecule has 0 atom stereocenters. The van der Waals surface area contributed by atoms with E-state index in [1.165, 1.54) is 7.11 Å². The van der Waals surface area contributed by atoms with Crippen LogP contribution in [0.25, 0.3) is 0 Å². The summed E-state index contributed by atoms with van der Waals surface area (Å²) in [5, 5.41) is -0.351. The summed E-state index contributed by atoms with van der Waals surface area (Å²) in [6, 6.07) is 0. The molecule has 0 aliphatic heterocycles. The van der Waals surface area contributed by atoms with Gasteiger partial charge < -0.3 is 10.5 Å². The van der Waals surface area contributed by atoms with Crippen LogP contribution in [0.5, 0.6) is 5.75 Å². The van der Waals surface area contributed by atoms with Gasteiger partial charge in [-0.15, -0.1) is 0 Å². The van der Waals surface area contributed by atoms with Crippen molar-refractivity contribution in [2.45, 2.75) is 6.43 Å². The number of methoxy groups -OCH3 is 1. The number of carbonyl (C=O) groups is 1. The smallest absolute Gasteiger partial charge is 0.271 e. The van der Waals surface area contributed by atoms with Crippen molar-refractivity contribution in [3.63, 3.8) is 0 Å². The fraction of sp³-hybridized carbons (Fsp3) is 0.250. The van der Waals surface area contributed by atoms with Gasteiger partial charge in [0.2, 0.25) is 0 Å². The normalized spacial score (nSPS) is 10.5. The van der Waals surface area contributed by atoms with E-state index in [-0.39, 0.29) is 16.5 Å². The molecule has 0 bridgehead atoms. The molecule has 0 aromatic carbocycles. The molecule has 0 aliphatic carbocycles. The predicted molar refractivity (Wildman–Crippen MR) is 49.3 cm³/mol. The van der Waals surface area contributed by atoms with Crippen molar-refractivity contribution >= 4 is 17.5 Å². The number of pyridine rings is 1. The fourth-order valence-corrected chi connectivity index (χ4v) is 1.30. The molecule has 1 aromatic heterocycles. The Hall–Kier alpha value is -1.43. The third kappa shape index (κ3) is 2.15. The minimum absolute atomic E-state index is 0.234. The second kappa shape index (κ2) is 4.39. The van der Waals surface area contributed by atoms with Crippen molar-refractivity contribution in [3.8, 4) is 5.75 Å². The van der Waals surface area contributed by atoms with Gasteiger partial charge in [0.1, 0.15) is 0 Å². The first-order valence-corrected chi connectivity index (χ1v) is 4.17. The summed E-state index contributed by atoms with van der Waals surface area (Å²) in [6.45, 7) is 0. The van der Waals surface area contributed by atoms with Gasteiger partial charge in [0, 0.05) is 6.20 Å². The Kier molecular flexibility index (Phi) is 3.41. The number of nitrogens with two attached hydrogens (primary N) is 1. The number of carbonyl (C=O) groups excluding carboxylic acids is 1. The van der Waals surface area contributed by atoms with Gasteiger partial charge in [-0.25, -0.2) is 13.8 Å². The van der Waals surface area contributed by atoms with Crippen molar-refractivity contribution in [1.29, 1.82) is 0 Å². The molecule has 0 spiro atoms. The minimum atomic E-state index is -2.79. The van der Waals surface area contributed by atoms with Crippen molar-refractivity contribution < 1.29 is 18.3 Å². The number of amides is 1. The molecule has 0 saturated carbocycles. The molecule has 0 radical (unpaired) electrons. The van der Waals surface area contributed by atoms with Crippen molar-refractivity contribution in [2.75, 3.05) is 7.11 Å². The number of hydrogen-bond donors (Lipinski definition) is 1. The molecule has 7 heteroatoms. The first-order valence-electron chi connectivity index (χ1n) is 3.79. The lowest BCUT2D eigenvalue weighted by Crippen LogP contribution is -2.15. The average Bonchev–Trinajstić information content (AvgIpc) is 2.16. The summed E-state index contributed by atoms with van der Waals surface area (Å²) in [7, 11) is 1.19. The van der Waals surface area contributed by atoms with E-state index in [1.54, 1.807) is 0 Å². The minimum Gasteiger partial charge on any atom is -0.493 e. The SMILES string of the molecule is COc1c(C(N)=O)ncc(C(F)F)c1Cl. The Labute approximate surface area is 89.0 Å². The molecule has 0 aliphatic rings. The maximum absolute atomic E-state index is 12.4. The van der Waals surface area contributed by atoms with E-state index in [9.17, 15) is 13.6 Å². The van der Waals surface area contributed by atoms with Crippen molar-refractivity contribution in [1.82, 2.24) is 4.98 Å². The fourth-order valence-electron chi connectivity index (χ4n) is 0.998. The lowest BCUT2D eigenvalue weighted by molar-refractivity contribution is 0.0991. The number of ether oxygens (including phenoxy) is 1. The molecule has 1 rings (SSSR count). The van der Waals surface area contributed by atoms with Crippen LogP contribution in [0.15, 0.2) is 6.20 Å². The van der Waals surface area contributed by atoms with Gasteiger partial charge in [0.05, 0.1) is 17.7 Å². The number of aromatic nitrogens is 1. The molecular formula is C8H7ClF2N2O2. The third-order valence-electron chi connectivity index (χ3n) is 1.67. The van der Waals surface area contributed by atoms with Crippen LogP contribution in [0.1, 0.15) is 22.5 Å². The second-order valence-electron chi connectivity index (χ2n) is 2.57. The van der Waals surface area contributed by atoms with Gasteiger partial charge in [0.15, 0.2) is 11.4 Å². The maximum Gasteiger partial charge on any atom is 0.271 e. The van der Waals surface area contributed by atoms with Gasteiger partial charge in [-0.3, -0.25) is 4.79 Å². The van der Waals surface area contributed by atoms with Crippen LogP contribution < -0.4 is 10.5 Å². The second-order valence-corrected chi connectivity index (χ2v) is 2.95. The molecule has 82 valence electrons. The molecule has 0 saturated heterocycles. The number of nitrogens with zero attached hydrogens (tertiary/aromatic N) is 1. The summed E-state index contributed by atoms with van der Waals surface area (Å²) in [6.07, 6.45) is -1.99. The highest BCUT2D eigenvalue weighted by atomic mass is 35.5. The number of hydrogen-bond acceptors (Lipinski definition) is 3. The van der Waals surface area contributed by atoms with Crippen LogP contribution in [0.2, 0.25) is 5.02 Å². The number of alkyl halides is 2. The molecule has 0 fully saturated rings. The summed E-state index contributed by atoms with van der Waals surface area (Å²) in [5.74, 6) is -1.13. The highest BCUT2D eigenvalue weighted by molar-refractivity contribution is 6.33. The van der Waals surface area contributed by atoms with Crippen LogP contribution in [0.3, 0.4) is 0 Å². The molecule has 1 amide bonds. The van der Waals surface area contributed by atoms with Gasteiger partial charge in [-0.1, -0.05) is 11.6 Å². The maximum atomic E-state index is 12.4. The summed E-state index contributed by atoms with van der Waals surface area (Å²) >= 11 is 5.60. The molecule has 1 aromatic rings. The first-order chi connectivity index (χ1) is 6.99. The highest BCUT2D eigenvalue weighted by Gasteiger charge is 2.21. The van der Waals surface area contributed by atoms with Crippen LogP contribution in [0.4, 0.5) is 8.78 Å². The summed E-state index contributed by atoms with van der Waals surface area (Å²) < 4.78 is 29.5. The highest BCUT2D eigenvalue weighted by Crippen LogP contribution is 2.35. The van der Waals surface area contributed by atoms with Crippen LogP contribution >= 0.6 is 11.6 Å². The lowest BCUT2D eigenvalue weighted by atomic mass is 10.2. The van der Waals surface area contributed by atoms with E-state index in [1.807, 2.05) is 0 Å². The van der Waals surface area contributed by atoms with E-state index in [0.29, 0.717) is 0 Å². The first kappa shape index (κ1) is 11.6. The van der Waals surface area contributed by atoms with Crippen molar-refractivity contribution in [3.05, 3.63) is 22.5 Å². The lowest BCUT2D eigenvalue weighted by Gasteiger charge is -2.10. The molecule has 15 heavy (non-hydrogen) atoms. The Morgan fingerprint density at radius 3 is 2.67 bits per heavy atom. The third-order valence-corrected chi connectivity index (χ3v) is 2.06. The van der Waals surface area contributed by atoms with E-state index in [4.69, 9.17) is 22.1 Å². The Balaban J connectivity index is 3.39. The van der Waals surface area contributed by atoms with Gasteiger partial charge in [-0.05, 0) is 0 Å². The van der Waals surface area contributed by atoms with Crippen LogP contribution in [-0.4, -0.2) is 18.0 Å². The topological polar surface area (TPSA) is 65.2 Å². The van der Waals surface area contributed by atoms with E-state index >= 15 is 0 Å². The molecule has 0 unspecified atom stereocenters. The largest absolute Gasteiger partial charge is 0.493 e. The Morgan fingerprint density at radius 1 is 1.67 bits per heavy atom. The number of halogens is 3. The average molecular weight is 237 g/mol. The standard InChI is InChI=1S/C8H7ClF2N2O2/c1-15-6-4(9)3(7(10)11)2-13-5(6)8(12)14/h2,7H,1H3,(H2,12,14). The number of primary amides is 1. The van der Waals surface area contributed by atoms with E-state index in [0.717, 1.165) is 6.20 Å². The summed E-state index contributed by atoms with van der Waals surface area (Å²) in [5.41, 5.74) is 4.18. The van der Waals surface area contributed by atoms with E-state index in [2.05, 4.69) is 4.98 Å². The van der Waals surface area contributed by atoms with Gasteiger partial charge in [0.25, 0.3) is 12.3 Å².